The van der Waals surface area contributed by atoms with Gasteiger partial charge in [-0.25, -0.2) is 4.98 Å². The van der Waals surface area contributed by atoms with E-state index in [1.807, 2.05) is 34.7 Å². The van der Waals surface area contributed by atoms with Crippen molar-refractivity contribution in [3.8, 4) is 0 Å². The summed E-state index contributed by atoms with van der Waals surface area (Å²) in [5.74, 6) is -0.598. The molecule has 2 heterocycles. The summed E-state index contributed by atoms with van der Waals surface area (Å²) in [5, 5.41) is 3.28. The lowest BCUT2D eigenvalue weighted by atomic mass is 9.92. The molecule has 0 fully saturated rings. The molecule has 0 saturated heterocycles. The average Bonchev–Trinajstić information content (AvgIpc) is 3.19. The van der Waals surface area contributed by atoms with Gasteiger partial charge >= 0.3 is 6.18 Å². The van der Waals surface area contributed by atoms with Crippen LogP contribution in [0.3, 0.4) is 0 Å². The number of rotatable bonds is 6. The van der Waals surface area contributed by atoms with E-state index in [4.69, 9.17) is 11.6 Å². The van der Waals surface area contributed by atoms with Crippen LogP contribution in [0.2, 0.25) is 5.02 Å². The van der Waals surface area contributed by atoms with E-state index in [2.05, 4.69) is 10.3 Å². The molecule has 164 valence electrons. The van der Waals surface area contributed by atoms with Crippen molar-refractivity contribution < 1.29 is 18.0 Å². The minimum absolute atomic E-state index is 0.00322. The van der Waals surface area contributed by atoms with Gasteiger partial charge in [0.05, 0.1) is 16.3 Å². The first-order chi connectivity index (χ1) is 15.3. The van der Waals surface area contributed by atoms with Crippen LogP contribution in [0.4, 0.5) is 13.2 Å². The number of hydrogen-bond donors (Lipinski definition) is 1. The first kappa shape index (κ1) is 21.9. The Morgan fingerprint density at radius 1 is 1.06 bits per heavy atom. The third-order valence-electron chi connectivity index (χ3n) is 5.19. The van der Waals surface area contributed by atoms with Crippen molar-refractivity contribution in [3.05, 3.63) is 107 Å². The molecule has 1 amide bonds. The molecule has 0 saturated carbocycles. The Labute approximate surface area is 187 Å². The highest BCUT2D eigenvalue weighted by molar-refractivity contribution is 6.30. The number of benzene rings is 2. The monoisotopic (exact) mass is 457 g/mol. The Balaban J connectivity index is 1.56. The van der Waals surface area contributed by atoms with E-state index in [-0.39, 0.29) is 24.8 Å². The maximum atomic E-state index is 12.9. The highest BCUT2D eigenvalue weighted by Crippen LogP contribution is 2.31. The molecule has 0 radical (unpaired) electrons. The number of carbonyl (C=O) groups excluding carboxylic acids is 1. The normalized spacial score (nSPS) is 12.6. The molecular formula is C24H19ClF3N3O. The van der Waals surface area contributed by atoms with E-state index in [9.17, 15) is 18.0 Å². The molecular weight excluding hydrogens is 439 g/mol. The van der Waals surface area contributed by atoms with Crippen molar-refractivity contribution in [1.29, 1.82) is 0 Å². The zero-order chi connectivity index (χ0) is 22.7. The number of halogens is 4. The summed E-state index contributed by atoms with van der Waals surface area (Å²) in [5.41, 5.74) is 2.06. The second-order valence-corrected chi connectivity index (χ2v) is 7.84. The van der Waals surface area contributed by atoms with Crippen LogP contribution in [0.25, 0.3) is 5.65 Å². The van der Waals surface area contributed by atoms with E-state index in [1.165, 1.54) is 6.07 Å². The Morgan fingerprint density at radius 2 is 1.84 bits per heavy atom. The summed E-state index contributed by atoms with van der Waals surface area (Å²) < 4.78 is 40.7. The summed E-state index contributed by atoms with van der Waals surface area (Å²) in [6.07, 6.45) is -0.870. The van der Waals surface area contributed by atoms with Crippen LogP contribution in [0.5, 0.6) is 0 Å². The average molecular weight is 458 g/mol. The van der Waals surface area contributed by atoms with Gasteiger partial charge in [-0.1, -0.05) is 54.1 Å². The van der Waals surface area contributed by atoms with Crippen molar-refractivity contribution in [3.63, 3.8) is 0 Å². The second kappa shape index (κ2) is 9.04. The van der Waals surface area contributed by atoms with Gasteiger partial charge in [0.2, 0.25) is 5.91 Å². The molecule has 0 aliphatic carbocycles. The molecule has 1 unspecified atom stereocenters. The lowest BCUT2D eigenvalue weighted by Crippen LogP contribution is -2.25. The molecule has 1 N–H and O–H groups in total. The molecule has 0 aliphatic heterocycles. The molecule has 2 aromatic carbocycles. The molecule has 32 heavy (non-hydrogen) atoms. The van der Waals surface area contributed by atoms with Crippen molar-refractivity contribution in [2.75, 3.05) is 0 Å². The van der Waals surface area contributed by atoms with Gasteiger partial charge in [-0.15, -0.1) is 0 Å². The predicted octanol–water partition coefficient (Wildman–Crippen LogP) is 5.84. The minimum Gasteiger partial charge on any atom is -0.352 e. The summed E-state index contributed by atoms with van der Waals surface area (Å²) in [7, 11) is 0. The molecule has 4 aromatic rings. The number of fused-ring (bicyclic) bond motifs is 1. The quantitative estimate of drug-likeness (QED) is 0.395. The first-order valence-electron chi connectivity index (χ1n) is 9.91. The second-order valence-electron chi connectivity index (χ2n) is 7.40. The number of alkyl halides is 3. The van der Waals surface area contributed by atoms with Crippen LogP contribution in [0.1, 0.15) is 34.7 Å². The Kier molecular flexibility index (Phi) is 6.19. The number of aromatic nitrogens is 2. The number of imidazole rings is 1. The highest BCUT2D eigenvalue weighted by Gasteiger charge is 2.30. The zero-order valence-corrected chi connectivity index (χ0v) is 17.6. The van der Waals surface area contributed by atoms with Gasteiger partial charge < -0.3 is 9.72 Å². The van der Waals surface area contributed by atoms with Crippen LogP contribution in [-0.2, 0) is 17.5 Å². The molecule has 8 heteroatoms. The Morgan fingerprint density at radius 3 is 2.59 bits per heavy atom. The lowest BCUT2D eigenvalue weighted by molar-refractivity contribution is -0.137. The van der Waals surface area contributed by atoms with E-state index in [0.29, 0.717) is 16.2 Å². The van der Waals surface area contributed by atoms with Gasteiger partial charge in [-0.3, -0.25) is 4.79 Å². The third kappa shape index (κ3) is 4.94. The molecule has 0 aliphatic rings. The van der Waals surface area contributed by atoms with Gasteiger partial charge in [-0.2, -0.15) is 13.2 Å². The predicted molar refractivity (Wildman–Crippen MR) is 116 cm³/mol. The van der Waals surface area contributed by atoms with E-state index >= 15 is 0 Å². The van der Waals surface area contributed by atoms with Crippen LogP contribution in [-0.4, -0.2) is 15.3 Å². The topological polar surface area (TPSA) is 46.4 Å². The number of nitrogens with one attached hydrogen (secondary N) is 1. The summed E-state index contributed by atoms with van der Waals surface area (Å²) in [6.45, 7) is 0.00322. The van der Waals surface area contributed by atoms with Gasteiger partial charge in [0.15, 0.2) is 0 Å². The summed E-state index contributed by atoms with van der Waals surface area (Å²) in [6, 6.07) is 18.0. The van der Waals surface area contributed by atoms with E-state index in [1.54, 1.807) is 30.6 Å². The number of hydrogen-bond acceptors (Lipinski definition) is 2. The minimum atomic E-state index is -4.43. The maximum absolute atomic E-state index is 12.9. The SMILES string of the molecule is O=C(CC(c1ccccc1)c1cnc2ccc(Cl)cn12)NCc1cccc(C(F)(F)F)c1. The van der Waals surface area contributed by atoms with Crippen LogP contribution in [0.15, 0.2) is 79.1 Å². The van der Waals surface area contributed by atoms with Crippen LogP contribution >= 0.6 is 11.6 Å². The van der Waals surface area contributed by atoms with E-state index in [0.717, 1.165) is 23.4 Å². The zero-order valence-electron chi connectivity index (χ0n) is 16.8. The number of carbonyl (C=O) groups is 1. The number of amides is 1. The smallest absolute Gasteiger partial charge is 0.352 e. The molecule has 4 nitrogen and oxygen atoms in total. The summed E-state index contributed by atoms with van der Waals surface area (Å²) in [4.78, 5) is 17.2. The van der Waals surface area contributed by atoms with Crippen molar-refractivity contribution in [1.82, 2.24) is 14.7 Å². The molecule has 4 rings (SSSR count). The van der Waals surface area contributed by atoms with Crippen molar-refractivity contribution in [2.45, 2.75) is 25.1 Å². The van der Waals surface area contributed by atoms with Crippen molar-refractivity contribution in [2.24, 2.45) is 0 Å². The maximum Gasteiger partial charge on any atom is 0.416 e. The highest BCUT2D eigenvalue weighted by atomic mass is 35.5. The Hall–Kier alpha value is -3.32. The lowest BCUT2D eigenvalue weighted by Gasteiger charge is -2.18. The van der Waals surface area contributed by atoms with Crippen molar-refractivity contribution >= 4 is 23.2 Å². The fourth-order valence-electron chi connectivity index (χ4n) is 3.63. The molecule has 2 aromatic heterocycles. The number of pyridine rings is 1. The molecule has 1 atom stereocenters. The van der Waals surface area contributed by atoms with E-state index < -0.39 is 11.7 Å². The molecule has 0 spiro atoms. The first-order valence-corrected chi connectivity index (χ1v) is 10.3. The summed E-state index contributed by atoms with van der Waals surface area (Å²) >= 11 is 6.16. The van der Waals surface area contributed by atoms with Gasteiger partial charge in [0.1, 0.15) is 5.65 Å². The Bertz CT molecular complexity index is 1240. The largest absolute Gasteiger partial charge is 0.416 e. The van der Waals surface area contributed by atoms with Gasteiger partial charge in [0.25, 0.3) is 0 Å². The third-order valence-corrected chi connectivity index (χ3v) is 5.41. The van der Waals surface area contributed by atoms with Crippen LogP contribution in [0, 0.1) is 0 Å². The van der Waals surface area contributed by atoms with Gasteiger partial charge in [-0.05, 0) is 35.4 Å². The standard InChI is InChI=1S/C24H19ClF3N3O/c25-19-9-10-22-29-14-21(31(22)15-19)20(17-6-2-1-3-7-17)12-23(32)30-13-16-5-4-8-18(11-16)24(26,27)28/h1-11,14-15,20H,12-13H2,(H,30,32). The fourth-order valence-corrected chi connectivity index (χ4v) is 3.79. The van der Waals surface area contributed by atoms with Crippen LogP contribution < -0.4 is 5.32 Å². The van der Waals surface area contributed by atoms with Gasteiger partial charge in [0, 0.05) is 31.3 Å². The fraction of sp³-hybridized carbons (Fsp3) is 0.167. The molecule has 0 bridgehead atoms. The number of nitrogens with zero attached hydrogens (tertiary/aromatic N) is 2.